The number of hydrogen-bond donors (Lipinski definition) is 1. The molecule has 1 saturated carbocycles. The van der Waals surface area contributed by atoms with E-state index in [1.54, 1.807) is 0 Å². The predicted molar refractivity (Wildman–Crippen MR) is 63.7 cm³/mol. The van der Waals surface area contributed by atoms with Crippen molar-refractivity contribution in [2.45, 2.75) is 62.8 Å². The fourth-order valence-corrected chi connectivity index (χ4v) is 2.35. The molecule has 1 rings (SSSR count). The summed E-state index contributed by atoms with van der Waals surface area (Å²) in [6.45, 7) is 4.43. The molecule has 8 heteroatoms. The van der Waals surface area contributed by atoms with Gasteiger partial charge in [-0.05, 0) is 32.6 Å². The highest BCUT2D eigenvalue weighted by molar-refractivity contribution is 5.87. The molecule has 0 aliphatic heterocycles. The van der Waals surface area contributed by atoms with Crippen LogP contribution in [0.15, 0.2) is 12.2 Å². The molecule has 1 N–H and O–H groups in total. The molecule has 0 saturated heterocycles. The Labute approximate surface area is 118 Å². The van der Waals surface area contributed by atoms with Crippen LogP contribution in [0.2, 0.25) is 0 Å². The molecule has 0 amide bonds. The molecule has 0 aromatic heterocycles. The summed E-state index contributed by atoms with van der Waals surface area (Å²) >= 11 is 0. The largest absolute Gasteiger partial charge is 0.449 e. The van der Waals surface area contributed by atoms with Gasteiger partial charge >= 0.3 is 18.1 Å². The zero-order valence-electron chi connectivity index (χ0n) is 11.5. The Kier molecular flexibility index (Phi) is 5.02. The van der Waals surface area contributed by atoms with E-state index in [4.69, 9.17) is 5.11 Å². The second-order valence-electron chi connectivity index (χ2n) is 5.29. The van der Waals surface area contributed by atoms with E-state index in [2.05, 4.69) is 11.3 Å². The molecule has 3 nitrogen and oxygen atoms in total. The lowest BCUT2D eigenvalue weighted by Crippen LogP contribution is -2.62. The summed E-state index contributed by atoms with van der Waals surface area (Å²) in [5.41, 5.74) is -2.85. The first-order valence-electron chi connectivity index (χ1n) is 6.45. The summed E-state index contributed by atoms with van der Waals surface area (Å²) in [6, 6.07) is 0. The van der Waals surface area contributed by atoms with E-state index in [-0.39, 0.29) is 18.4 Å². The molecule has 0 heterocycles. The van der Waals surface area contributed by atoms with Crippen LogP contribution in [-0.4, -0.2) is 34.9 Å². The van der Waals surface area contributed by atoms with Crippen molar-refractivity contribution in [3.05, 3.63) is 12.2 Å². The molecular weight excluding hydrogens is 299 g/mol. The lowest BCUT2D eigenvalue weighted by molar-refractivity contribution is -0.319. The lowest BCUT2D eigenvalue weighted by Gasteiger charge is -2.44. The molecule has 1 aliphatic rings. The maximum atomic E-state index is 14.2. The van der Waals surface area contributed by atoms with Gasteiger partial charge in [0.15, 0.2) is 5.60 Å². The number of ether oxygens (including phenoxy) is 1. The lowest BCUT2D eigenvalue weighted by atomic mass is 9.77. The maximum Gasteiger partial charge on any atom is 0.420 e. The molecule has 21 heavy (non-hydrogen) atoms. The Hall–Kier alpha value is -1.18. The topological polar surface area (TPSA) is 46.5 Å². The van der Waals surface area contributed by atoms with Crippen molar-refractivity contribution in [2.24, 2.45) is 0 Å². The first-order valence-corrected chi connectivity index (χ1v) is 6.45. The fraction of sp³-hybridized carbons (Fsp3) is 0.769. The summed E-state index contributed by atoms with van der Waals surface area (Å²) in [4.78, 5) is 11.5. The number of alkyl halides is 5. The van der Waals surface area contributed by atoms with Gasteiger partial charge in [-0.3, -0.25) is 0 Å². The van der Waals surface area contributed by atoms with Crippen LogP contribution in [0.3, 0.4) is 0 Å². The second kappa shape index (κ2) is 5.90. The fourth-order valence-electron chi connectivity index (χ4n) is 2.35. The van der Waals surface area contributed by atoms with Crippen molar-refractivity contribution in [1.82, 2.24) is 0 Å². The Morgan fingerprint density at radius 1 is 1.19 bits per heavy atom. The molecule has 0 aromatic rings. The Morgan fingerprint density at radius 3 is 2.05 bits per heavy atom. The standard InChI is InChI=1S/C13H17F5O3/c1-8(2)9(19)21-11(6-4-3-5-7-11)12(14,15)10(20)13(16,17)18/h10,20H,1,3-7H2,2H3. The van der Waals surface area contributed by atoms with Gasteiger partial charge in [-0.2, -0.15) is 22.0 Å². The zero-order valence-corrected chi connectivity index (χ0v) is 11.5. The summed E-state index contributed by atoms with van der Waals surface area (Å²) < 4.78 is 70.5. The summed E-state index contributed by atoms with van der Waals surface area (Å²) in [7, 11) is 0. The number of esters is 1. The van der Waals surface area contributed by atoms with Crippen LogP contribution in [0.25, 0.3) is 0 Å². The SMILES string of the molecule is C=C(C)C(=O)OC1(C(F)(F)C(O)C(F)(F)F)CCCCC1. The predicted octanol–water partition coefficient (Wildman–Crippen LogP) is 3.37. The number of hydrogen-bond acceptors (Lipinski definition) is 3. The highest BCUT2D eigenvalue weighted by atomic mass is 19.4. The number of carbonyl (C=O) groups excluding carboxylic acids is 1. The zero-order chi connectivity index (χ0) is 16.5. The third kappa shape index (κ3) is 3.53. The van der Waals surface area contributed by atoms with Crippen LogP contribution < -0.4 is 0 Å². The van der Waals surface area contributed by atoms with Crippen molar-refractivity contribution < 1.29 is 36.6 Å². The van der Waals surface area contributed by atoms with Crippen LogP contribution in [-0.2, 0) is 9.53 Å². The van der Waals surface area contributed by atoms with Crippen molar-refractivity contribution in [1.29, 1.82) is 0 Å². The van der Waals surface area contributed by atoms with Crippen molar-refractivity contribution in [2.75, 3.05) is 0 Å². The minimum atomic E-state index is -5.51. The average molecular weight is 316 g/mol. The van der Waals surface area contributed by atoms with Crippen LogP contribution in [0.4, 0.5) is 22.0 Å². The molecule has 1 unspecified atom stereocenters. The van der Waals surface area contributed by atoms with Gasteiger partial charge in [0.1, 0.15) is 0 Å². The van der Waals surface area contributed by atoms with E-state index < -0.39 is 42.6 Å². The third-order valence-corrected chi connectivity index (χ3v) is 3.56. The minimum absolute atomic E-state index is 0.184. The van der Waals surface area contributed by atoms with E-state index in [0.717, 1.165) is 0 Å². The van der Waals surface area contributed by atoms with Gasteiger partial charge in [0.2, 0.25) is 6.10 Å². The van der Waals surface area contributed by atoms with Gasteiger partial charge in [0.05, 0.1) is 0 Å². The van der Waals surface area contributed by atoms with E-state index in [1.807, 2.05) is 0 Å². The van der Waals surface area contributed by atoms with Crippen molar-refractivity contribution in [3.63, 3.8) is 0 Å². The van der Waals surface area contributed by atoms with Gasteiger partial charge in [-0.15, -0.1) is 0 Å². The smallest absolute Gasteiger partial charge is 0.420 e. The van der Waals surface area contributed by atoms with Crippen LogP contribution in [0.1, 0.15) is 39.0 Å². The van der Waals surface area contributed by atoms with E-state index in [0.29, 0.717) is 6.42 Å². The molecule has 1 aliphatic carbocycles. The van der Waals surface area contributed by atoms with Gasteiger partial charge in [-0.25, -0.2) is 4.79 Å². The third-order valence-electron chi connectivity index (χ3n) is 3.56. The molecule has 1 fully saturated rings. The number of aliphatic hydroxyl groups is 1. The Morgan fingerprint density at radius 2 is 1.67 bits per heavy atom. The van der Waals surface area contributed by atoms with Gasteiger partial charge < -0.3 is 9.84 Å². The monoisotopic (exact) mass is 316 g/mol. The molecule has 0 spiro atoms. The minimum Gasteiger partial charge on any atom is -0.449 e. The first-order chi connectivity index (χ1) is 9.44. The second-order valence-corrected chi connectivity index (χ2v) is 5.29. The number of rotatable bonds is 4. The molecule has 0 aromatic carbocycles. The maximum absolute atomic E-state index is 14.2. The van der Waals surface area contributed by atoms with Crippen LogP contribution in [0.5, 0.6) is 0 Å². The average Bonchev–Trinajstić information content (AvgIpc) is 2.37. The number of halogens is 5. The van der Waals surface area contributed by atoms with Crippen LogP contribution >= 0.6 is 0 Å². The number of carbonyl (C=O) groups is 1. The van der Waals surface area contributed by atoms with Crippen LogP contribution in [0, 0.1) is 0 Å². The molecule has 122 valence electrons. The first kappa shape index (κ1) is 17.9. The highest BCUT2D eigenvalue weighted by Crippen LogP contribution is 2.48. The normalized spacial score (nSPS) is 20.7. The molecule has 1 atom stereocenters. The van der Waals surface area contributed by atoms with Crippen molar-refractivity contribution >= 4 is 5.97 Å². The summed E-state index contributed by atoms with van der Waals surface area (Å²) in [5, 5.41) is 8.99. The molecule has 0 radical (unpaired) electrons. The highest BCUT2D eigenvalue weighted by Gasteiger charge is 2.67. The van der Waals surface area contributed by atoms with E-state index in [9.17, 15) is 26.7 Å². The van der Waals surface area contributed by atoms with Gasteiger partial charge in [-0.1, -0.05) is 13.0 Å². The van der Waals surface area contributed by atoms with Gasteiger partial charge in [0.25, 0.3) is 0 Å². The van der Waals surface area contributed by atoms with E-state index >= 15 is 0 Å². The van der Waals surface area contributed by atoms with E-state index in [1.165, 1.54) is 6.92 Å². The summed E-state index contributed by atoms with van der Waals surface area (Å²) in [6.07, 6.45) is -9.36. The van der Waals surface area contributed by atoms with Crippen molar-refractivity contribution in [3.8, 4) is 0 Å². The molecule has 0 bridgehead atoms. The number of aliphatic hydroxyl groups excluding tert-OH is 1. The Balaban J connectivity index is 3.17. The molecular formula is C13H17F5O3. The summed E-state index contributed by atoms with van der Waals surface area (Å²) in [5.74, 6) is -5.82. The quantitative estimate of drug-likeness (QED) is 0.491. The van der Waals surface area contributed by atoms with Gasteiger partial charge in [0, 0.05) is 5.57 Å². The Bertz CT molecular complexity index is 411.